The number of fused-ring (bicyclic) bond motifs is 2. The number of aryl methyl sites for hydroxylation is 1. The second-order valence-electron chi connectivity index (χ2n) is 8.08. The highest BCUT2D eigenvalue weighted by Gasteiger charge is 2.33. The number of aromatic amines is 1. The van der Waals surface area contributed by atoms with E-state index in [0.29, 0.717) is 5.56 Å². The Morgan fingerprint density at radius 1 is 1.29 bits per heavy atom. The van der Waals surface area contributed by atoms with Crippen LogP contribution in [0.5, 0.6) is 5.75 Å². The Morgan fingerprint density at radius 3 is 2.71 bits per heavy atom. The SMILES string of the molecule is NC1CCCc2cc(-c3c(C4CC4)cc4c(=O)c(C(=O)O)c[nH]c4c3OC(F)F)sc21. The molecule has 2 aromatic heterocycles. The Balaban J connectivity index is 1.83. The standard InChI is InChI=1S/C22H20F2N2O4S/c23-22(24)30-19-16(15-6-10-2-1-3-14(25)20(10)31-15)11(9-4-5-9)7-12-17(19)26-8-13(18(12)27)21(28)29/h6-9,14,22H,1-5,25H2,(H,26,27)(H,28,29). The van der Waals surface area contributed by atoms with Crippen LogP contribution in [0.3, 0.4) is 0 Å². The fourth-order valence-corrected chi connectivity index (χ4v) is 5.72. The van der Waals surface area contributed by atoms with Gasteiger partial charge in [-0.3, -0.25) is 4.79 Å². The van der Waals surface area contributed by atoms with Crippen molar-refractivity contribution in [2.45, 2.75) is 50.7 Å². The number of carboxylic acids is 1. The molecule has 0 amide bonds. The third kappa shape index (κ3) is 3.41. The van der Waals surface area contributed by atoms with Gasteiger partial charge in [0.2, 0.25) is 5.43 Å². The fraction of sp³-hybridized carbons (Fsp3) is 0.364. The average molecular weight is 446 g/mol. The van der Waals surface area contributed by atoms with Gasteiger partial charge in [-0.1, -0.05) is 0 Å². The van der Waals surface area contributed by atoms with E-state index in [9.17, 15) is 23.5 Å². The molecule has 0 bridgehead atoms. The van der Waals surface area contributed by atoms with Crippen molar-refractivity contribution in [2.24, 2.45) is 5.73 Å². The second-order valence-corrected chi connectivity index (χ2v) is 9.16. The van der Waals surface area contributed by atoms with Gasteiger partial charge in [-0.15, -0.1) is 11.3 Å². The summed E-state index contributed by atoms with van der Waals surface area (Å²) >= 11 is 1.48. The molecule has 1 aromatic carbocycles. The number of H-pyrrole nitrogens is 1. The molecule has 0 saturated heterocycles. The van der Waals surface area contributed by atoms with E-state index in [0.717, 1.165) is 59.2 Å². The first-order valence-corrected chi connectivity index (χ1v) is 11.0. The van der Waals surface area contributed by atoms with E-state index in [1.165, 1.54) is 11.3 Å². The molecule has 5 rings (SSSR count). The lowest BCUT2D eigenvalue weighted by molar-refractivity contribution is -0.0485. The first-order chi connectivity index (χ1) is 14.8. The molecule has 1 fully saturated rings. The Morgan fingerprint density at radius 2 is 2.06 bits per heavy atom. The van der Waals surface area contributed by atoms with Crippen molar-refractivity contribution in [1.82, 2.24) is 4.98 Å². The highest BCUT2D eigenvalue weighted by Crippen LogP contribution is 2.52. The van der Waals surface area contributed by atoms with Crippen LogP contribution in [0.2, 0.25) is 0 Å². The quantitative estimate of drug-likeness (QED) is 0.524. The molecule has 162 valence electrons. The Bertz CT molecular complexity index is 1260. The lowest BCUT2D eigenvalue weighted by Crippen LogP contribution is -2.17. The number of pyridine rings is 1. The van der Waals surface area contributed by atoms with Crippen LogP contribution in [0, 0.1) is 0 Å². The number of aromatic carboxylic acids is 1. The van der Waals surface area contributed by atoms with Gasteiger partial charge in [0, 0.05) is 27.6 Å². The summed E-state index contributed by atoms with van der Waals surface area (Å²) in [4.78, 5) is 28.8. The fourth-order valence-electron chi connectivity index (χ4n) is 4.41. The minimum atomic E-state index is -3.10. The third-order valence-electron chi connectivity index (χ3n) is 6.00. The molecule has 2 heterocycles. The Labute approximate surface area is 179 Å². The minimum absolute atomic E-state index is 0.0409. The van der Waals surface area contributed by atoms with E-state index in [4.69, 9.17) is 10.5 Å². The second kappa shape index (κ2) is 7.42. The maximum absolute atomic E-state index is 13.5. The van der Waals surface area contributed by atoms with Gasteiger partial charge in [0.1, 0.15) is 5.56 Å². The summed E-state index contributed by atoms with van der Waals surface area (Å²) in [5, 5.41) is 9.34. The van der Waals surface area contributed by atoms with E-state index < -0.39 is 23.6 Å². The summed E-state index contributed by atoms with van der Waals surface area (Å²) in [6.07, 6.45) is 5.51. The molecule has 1 atom stereocenters. The van der Waals surface area contributed by atoms with Crippen molar-refractivity contribution in [3.05, 3.63) is 50.1 Å². The van der Waals surface area contributed by atoms with Crippen LogP contribution in [0.25, 0.3) is 21.3 Å². The van der Waals surface area contributed by atoms with E-state index in [-0.39, 0.29) is 28.6 Å². The van der Waals surface area contributed by atoms with Gasteiger partial charge in [0.25, 0.3) is 0 Å². The van der Waals surface area contributed by atoms with E-state index in [1.807, 2.05) is 6.07 Å². The van der Waals surface area contributed by atoms with Crippen LogP contribution >= 0.6 is 11.3 Å². The summed E-state index contributed by atoms with van der Waals surface area (Å²) in [7, 11) is 0. The minimum Gasteiger partial charge on any atom is -0.477 e. The number of carbonyl (C=O) groups is 1. The predicted octanol–water partition coefficient (Wildman–Crippen LogP) is 4.77. The first kappa shape index (κ1) is 20.1. The summed E-state index contributed by atoms with van der Waals surface area (Å²) < 4.78 is 31.9. The summed E-state index contributed by atoms with van der Waals surface area (Å²) in [6, 6.07) is 3.56. The Kier molecular flexibility index (Phi) is 4.82. The van der Waals surface area contributed by atoms with Gasteiger partial charge in [-0.05, 0) is 61.3 Å². The highest BCUT2D eigenvalue weighted by molar-refractivity contribution is 7.15. The van der Waals surface area contributed by atoms with Crippen molar-refractivity contribution in [3.63, 3.8) is 0 Å². The molecule has 6 nitrogen and oxygen atoms in total. The lowest BCUT2D eigenvalue weighted by atomic mass is 9.93. The number of hydrogen-bond acceptors (Lipinski definition) is 5. The molecule has 9 heteroatoms. The summed E-state index contributed by atoms with van der Waals surface area (Å²) in [5.74, 6) is -1.38. The van der Waals surface area contributed by atoms with Crippen molar-refractivity contribution in [1.29, 1.82) is 0 Å². The smallest absolute Gasteiger partial charge is 0.387 e. The number of aromatic nitrogens is 1. The van der Waals surface area contributed by atoms with Crippen LogP contribution in [-0.2, 0) is 6.42 Å². The van der Waals surface area contributed by atoms with Crippen LogP contribution in [0.1, 0.15) is 64.0 Å². The zero-order valence-electron chi connectivity index (χ0n) is 16.4. The number of carboxylic acid groups (broad SMARTS) is 1. The largest absolute Gasteiger partial charge is 0.477 e. The highest BCUT2D eigenvalue weighted by atomic mass is 32.1. The number of halogens is 2. The maximum atomic E-state index is 13.5. The van der Waals surface area contributed by atoms with Crippen LogP contribution < -0.4 is 15.9 Å². The number of rotatable bonds is 5. The molecule has 31 heavy (non-hydrogen) atoms. The monoisotopic (exact) mass is 446 g/mol. The molecule has 4 N–H and O–H groups in total. The number of alkyl halides is 2. The summed E-state index contributed by atoms with van der Waals surface area (Å²) in [5.41, 5.74) is 7.59. The Hall–Kier alpha value is -2.78. The van der Waals surface area contributed by atoms with Crippen molar-refractivity contribution >= 4 is 28.2 Å². The van der Waals surface area contributed by atoms with Gasteiger partial charge >= 0.3 is 12.6 Å². The first-order valence-electron chi connectivity index (χ1n) is 10.1. The van der Waals surface area contributed by atoms with Crippen LogP contribution in [0.15, 0.2) is 23.1 Å². The number of hydrogen-bond donors (Lipinski definition) is 3. The molecule has 2 aliphatic rings. The van der Waals surface area contributed by atoms with Gasteiger partial charge in [-0.25, -0.2) is 4.79 Å². The summed E-state index contributed by atoms with van der Waals surface area (Å²) in [6.45, 7) is -3.10. The molecule has 3 aromatic rings. The third-order valence-corrected chi connectivity index (χ3v) is 7.33. The number of nitrogens with one attached hydrogen (secondary N) is 1. The van der Waals surface area contributed by atoms with E-state index in [2.05, 4.69) is 4.98 Å². The van der Waals surface area contributed by atoms with E-state index in [1.54, 1.807) is 6.07 Å². The molecule has 0 radical (unpaired) electrons. The molecule has 2 aliphatic carbocycles. The molecular weight excluding hydrogens is 426 g/mol. The molecule has 1 unspecified atom stereocenters. The van der Waals surface area contributed by atoms with Crippen LogP contribution in [0.4, 0.5) is 8.78 Å². The maximum Gasteiger partial charge on any atom is 0.387 e. The van der Waals surface area contributed by atoms with Gasteiger partial charge < -0.3 is 20.6 Å². The molecular formula is C22H20F2N2O4S. The van der Waals surface area contributed by atoms with Crippen LogP contribution in [-0.4, -0.2) is 22.7 Å². The van der Waals surface area contributed by atoms with Gasteiger partial charge in [-0.2, -0.15) is 8.78 Å². The number of thiophene rings is 1. The van der Waals surface area contributed by atoms with E-state index >= 15 is 0 Å². The average Bonchev–Trinajstić information content (AvgIpc) is 3.46. The number of nitrogens with two attached hydrogens (primary N) is 1. The van der Waals surface area contributed by atoms with Gasteiger partial charge in [0.15, 0.2) is 5.75 Å². The topological polar surface area (TPSA) is 105 Å². The molecule has 0 spiro atoms. The predicted molar refractivity (Wildman–Crippen MR) is 113 cm³/mol. The zero-order valence-corrected chi connectivity index (χ0v) is 17.2. The van der Waals surface area contributed by atoms with Crippen molar-refractivity contribution in [3.8, 4) is 16.2 Å². The lowest BCUT2D eigenvalue weighted by Gasteiger charge is -2.17. The van der Waals surface area contributed by atoms with Gasteiger partial charge in [0.05, 0.1) is 10.9 Å². The normalized spacial score (nSPS) is 18.4. The molecule has 0 aliphatic heterocycles. The van der Waals surface area contributed by atoms with Crippen molar-refractivity contribution < 1.29 is 23.4 Å². The zero-order chi connectivity index (χ0) is 21.9. The number of benzene rings is 1. The number of ether oxygens (including phenoxy) is 1. The molecule has 1 saturated carbocycles. The van der Waals surface area contributed by atoms with Crippen molar-refractivity contribution in [2.75, 3.05) is 0 Å².